The minimum absolute atomic E-state index is 0.128. The molecule has 1 rings (SSSR count). The van der Waals surface area contributed by atoms with E-state index in [1.165, 1.54) is 23.3 Å². The van der Waals surface area contributed by atoms with E-state index in [0.717, 1.165) is 0 Å². The Morgan fingerprint density at radius 3 is 2.88 bits per heavy atom. The molecule has 0 aliphatic rings. The number of amides is 2. The number of terminal acetylenes is 1. The van der Waals surface area contributed by atoms with E-state index in [1.54, 1.807) is 17.5 Å². The Morgan fingerprint density at radius 1 is 1.71 bits per heavy atom. The smallest absolute Gasteiger partial charge is 0.331 e. The third-order valence-electron chi connectivity index (χ3n) is 2.02. The number of urea groups is 1. The lowest BCUT2D eigenvalue weighted by molar-refractivity contribution is -0.139. The van der Waals surface area contributed by atoms with Crippen molar-refractivity contribution in [2.75, 3.05) is 13.6 Å². The highest BCUT2D eigenvalue weighted by atomic mass is 32.1. The minimum Gasteiger partial charge on any atom is -0.479 e. The predicted molar refractivity (Wildman–Crippen MR) is 64.7 cm³/mol. The molecule has 0 saturated heterocycles. The van der Waals surface area contributed by atoms with Crippen LogP contribution in [-0.2, 0) is 4.79 Å². The van der Waals surface area contributed by atoms with Gasteiger partial charge in [-0.25, -0.2) is 9.59 Å². The van der Waals surface area contributed by atoms with Crippen LogP contribution in [0.1, 0.15) is 10.9 Å². The van der Waals surface area contributed by atoms with Gasteiger partial charge in [0.25, 0.3) is 0 Å². The maximum absolute atomic E-state index is 11.6. The number of carbonyl (C=O) groups excluding carboxylic acids is 1. The van der Waals surface area contributed by atoms with Crippen molar-refractivity contribution in [2.45, 2.75) is 6.04 Å². The molecule has 0 aromatic carbocycles. The second-order valence-electron chi connectivity index (χ2n) is 3.30. The van der Waals surface area contributed by atoms with Gasteiger partial charge in [0.2, 0.25) is 0 Å². The lowest BCUT2D eigenvalue weighted by Gasteiger charge is -2.18. The molecule has 0 aliphatic carbocycles. The molecule has 0 radical (unpaired) electrons. The van der Waals surface area contributed by atoms with Crippen molar-refractivity contribution in [3.63, 3.8) is 0 Å². The van der Waals surface area contributed by atoms with E-state index < -0.39 is 18.0 Å². The topological polar surface area (TPSA) is 69.6 Å². The molecule has 0 aliphatic heterocycles. The predicted octanol–water partition coefficient (Wildman–Crippen LogP) is 1.15. The van der Waals surface area contributed by atoms with Gasteiger partial charge in [0.05, 0.1) is 6.54 Å². The zero-order chi connectivity index (χ0) is 12.8. The van der Waals surface area contributed by atoms with Gasteiger partial charge in [-0.3, -0.25) is 0 Å². The van der Waals surface area contributed by atoms with Gasteiger partial charge in [-0.15, -0.1) is 17.8 Å². The minimum atomic E-state index is -1.10. The van der Waals surface area contributed by atoms with Crippen LogP contribution >= 0.6 is 11.3 Å². The van der Waals surface area contributed by atoms with Gasteiger partial charge in [-0.2, -0.15) is 0 Å². The number of nitrogens with zero attached hydrogens (tertiary/aromatic N) is 1. The molecule has 1 heterocycles. The first-order valence-corrected chi connectivity index (χ1v) is 5.65. The van der Waals surface area contributed by atoms with E-state index in [2.05, 4.69) is 11.2 Å². The zero-order valence-electron chi connectivity index (χ0n) is 9.21. The fraction of sp³-hybridized carbons (Fsp3) is 0.273. The maximum Gasteiger partial charge on any atom is 0.331 e. The number of hydrogen-bond donors (Lipinski definition) is 2. The molecule has 0 fully saturated rings. The molecule has 6 heteroatoms. The largest absolute Gasteiger partial charge is 0.479 e. The van der Waals surface area contributed by atoms with Crippen LogP contribution in [0.25, 0.3) is 0 Å². The summed E-state index contributed by atoms with van der Waals surface area (Å²) in [6, 6.07) is 1.84. The highest BCUT2D eigenvalue weighted by molar-refractivity contribution is 7.10. The maximum atomic E-state index is 11.6. The molecule has 2 N–H and O–H groups in total. The average Bonchev–Trinajstić information content (AvgIpc) is 2.78. The monoisotopic (exact) mass is 252 g/mol. The summed E-state index contributed by atoms with van der Waals surface area (Å²) in [4.78, 5) is 24.5. The van der Waals surface area contributed by atoms with Crippen LogP contribution in [0.3, 0.4) is 0 Å². The summed E-state index contributed by atoms with van der Waals surface area (Å²) in [7, 11) is 1.50. The second kappa shape index (κ2) is 5.92. The molecule has 0 spiro atoms. The van der Waals surface area contributed by atoms with Gasteiger partial charge in [-0.05, 0) is 11.4 Å². The van der Waals surface area contributed by atoms with Crippen molar-refractivity contribution in [1.82, 2.24) is 10.2 Å². The van der Waals surface area contributed by atoms with E-state index in [-0.39, 0.29) is 6.54 Å². The summed E-state index contributed by atoms with van der Waals surface area (Å²) in [6.45, 7) is 0.128. The van der Waals surface area contributed by atoms with Crippen molar-refractivity contribution in [2.24, 2.45) is 0 Å². The molecule has 1 unspecified atom stereocenters. The molecular formula is C11H12N2O3S. The lowest BCUT2D eigenvalue weighted by Crippen LogP contribution is -2.41. The number of hydrogen-bond acceptors (Lipinski definition) is 3. The van der Waals surface area contributed by atoms with Crippen molar-refractivity contribution in [3.05, 3.63) is 22.4 Å². The molecular weight excluding hydrogens is 240 g/mol. The third-order valence-corrected chi connectivity index (χ3v) is 2.95. The first-order valence-electron chi connectivity index (χ1n) is 4.77. The molecule has 1 aromatic heterocycles. The molecule has 5 nitrogen and oxygen atoms in total. The molecule has 1 atom stereocenters. The van der Waals surface area contributed by atoms with E-state index >= 15 is 0 Å². The number of aliphatic carboxylic acids is 1. The Kier molecular flexibility index (Phi) is 4.55. The normalized spacial score (nSPS) is 11.3. The Balaban J connectivity index is 2.73. The van der Waals surface area contributed by atoms with Crippen LogP contribution in [-0.4, -0.2) is 35.6 Å². The van der Waals surface area contributed by atoms with Gasteiger partial charge < -0.3 is 15.3 Å². The van der Waals surface area contributed by atoms with Crippen LogP contribution in [0, 0.1) is 12.3 Å². The summed E-state index contributed by atoms with van der Waals surface area (Å²) in [5.74, 6) is 1.20. The van der Waals surface area contributed by atoms with E-state index in [0.29, 0.717) is 4.88 Å². The van der Waals surface area contributed by atoms with Crippen LogP contribution < -0.4 is 5.32 Å². The van der Waals surface area contributed by atoms with Gasteiger partial charge in [0, 0.05) is 11.9 Å². The highest BCUT2D eigenvalue weighted by Gasteiger charge is 2.24. The number of carbonyl (C=O) groups is 2. The summed E-state index contributed by atoms with van der Waals surface area (Å²) in [5.41, 5.74) is 0. The van der Waals surface area contributed by atoms with Gasteiger partial charge in [-0.1, -0.05) is 12.0 Å². The fourth-order valence-electron chi connectivity index (χ4n) is 1.15. The summed E-state index contributed by atoms with van der Waals surface area (Å²) in [6.07, 6.45) is 5.07. The van der Waals surface area contributed by atoms with Crippen LogP contribution in [0.2, 0.25) is 0 Å². The third kappa shape index (κ3) is 3.50. The Morgan fingerprint density at radius 2 is 2.41 bits per heavy atom. The first-order chi connectivity index (χ1) is 8.06. The number of carboxylic acids is 1. The molecule has 90 valence electrons. The van der Waals surface area contributed by atoms with Crippen LogP contribution in [0.4, 0.5) is 4.79 Å². The number of carboxylic acid groups (broad SMARTS) is 1. The van der Waals surface area contributed by atoms with Crippen LogP contribution in [0.5, 0.6) is 0 Å². The highest BCUT2D eigenvalue weighted by Crippen LogP contribution is 2.19. The summed E-state index contributed by atoms with van der Waals surface area (Å²) in [5, 5.41) is 13.2. The van der Waals surface area contributed by atoms with Crippen LogP contribution in [0.15, 0.2) is 17.5 Å². The van der Waals surface area contributed by atoms with Crippen molar-refractivity contribution < 1.29 is 14.7 Å². The molecule has 1 aromatic rings. The number of thiophene rings is 1. The van der Waals surface area contributed by atoms with E-state index in [9.17, 15) is 9.59 Å². The van der Waals surface area contributed by atoms with Crippen molar-refractivity contribution >= 4 is 23.3 Å². The Bertz CT molecular complexity index is 436. The molecule has 0 saturated carbocycles. The Labute approximate surface area is 103 Å². The standard InChI is InChI=1S/C11H12N2O3S/c1-3-6-13(2)11(16)12-9(10(14)15)8-5-4-7-17-8/h1,4-5,7,9H,6H2,2H3,(H,12,16)(H,14,15). The van der Waals surface area contributed by atoms with Gasteiger partial charge in [0.1, 0.15) is 0 Å². The van der Waals surface area contributed by atoms with E-state index in [1.807, 2.05) is 0 Å². The zero-order valence-corrected chi connectivity index (χ0v) is 10.0. The van der Waals surface area contributed by atoms with E-state index in [4.69, 9.17) is 11.5 Å². The number of nitrogens with one attached hydrogen (secondary N) is 1. The van der Waals surface area contributed by atoms with Crippen molar-refractivity contribution in [1.29, 1.82) is 0 Å². The average molecular weight is 252 g/mol. The summed E-state index contributed by atoms with van der Waals surface area (Å²) < 4.78 is 0. The van der Waals surface area contributed by atoms with Crippen molar-refractivity contribution in [3.8, 4) is 12.3 Å². The lowest BCUT2D eigenvalue weighted by atomic mass is 10.2. The first kappa shape index (κ1) is 13.1. The second-order valence-corrected chi connectivity index (χ2v) is 4.28. The number of rotatable bonds is 4. The SMILES string of the molecule is C#CCN(C)C(=O)NC(C(=O)O)c1cccs1. The summed E-state index contributed by atoms with van der Waals surface area (Å²) >= 11 is 1.27. The molecule has 0 bridgehead atoms. The van der Waals surface area contributed by atoms with Gasteiger partial charge >= 0.3 is 12.0 Å². The fourth-order valence-corrected chi connectivity index (χ4v) is 1.92. The molecule has 2 amide bonds. The van der Waals surface area contributed by atoms with Gasteiger partial charge in [0.15, 0.2) is 6.04 Å². The quantitative estimate of drug-likeness (QED) is 0.790. The Hall–Kier alpha value is -2.00. The molecule has 17 heavy (non-hydrogen) atoms.